The summed E-state index contributed by atoms with van der Waals surface area (Å²) < 4.78 is 14.1. The molecule has 0 radical (unpaired) electrons. The molecule has 0 aliphatic heterocycles. The first kappa shape index (κ1) is 12.1. The molecule has 1 atom stereocenters. The van der Waals surface area contributed by atoms with E-state index in [9.17, 15) is 4.39 Å². The van der Waals surface area contributed by atoms with E-state index in [2.05, 4.69) is 15.3 Å². The monoisotopic (exact) mass is 272 g/mol. The van der Waals surface area contributed by atoms with E-state index in [0.29, 0.717) is 4.34 Å². The van der Waals surface area contributed by atoms with Crippen molar-refractivity contribution in [1.82, 2.24) is 9.97 Å². The lowest BCUT2D eigenvalue weighted by Gasteiger charge is -2.13. The van der Waals surface area contributed by atoms with Crippen molar-refractivity contribution in [3.63, 3.8) is 0 Å². The normalized spacial score (nSPS) is 12.4. The van der Waals surface area contributed by atoms with Gasteiger partial charge in [-0.2, -0.15) is 4.98 Å². The van der Waals surface area contributed by atoms with Gasteiger partial charge in [-0.1, -0.05) is 11.6 Å². The predicted molar refractivity (Wildman–Crippen MR) is 67.8 cm³/mol. The Hall–Kier alpha value is -1.40. The average molecular weight is 273 g/mol. The molecule has 2 rings (SSSR count). The molecule has 2 heterocycles. The Morgan fingerprint density at radius 3 is 2.94 bits per heavy atom. The molecule has 17 heavy (non-hydrogen) atoms. The molecular weight excluding hydrogens is 263 g/mol. The van der Waals surface area contributed by atoms with Gasteiger partial charge in [0.2, 0.25) is 5.95 Å². The summed E-state index contributed by atoms with van der Waals surface area (Å²) in [6.45, 7) is 1.89. The van der Waals surface area contributed by atoms with Crippen molar-refractivity contribution in [2.45, 2.75) is 13.0 Å². The van der Waals surface area contributed by atoms with E-state index < -0.39 is 5.82 Å². The molecule has 1 unspecified atom stereocenters. The zero-order valence-corrected chi connectivity index (χ0v) is 10.5. The van der Waals surface area contributed by atoms with Crippen molar-refractivity contribution in [2.24, 2.45) is 0 Å². The molecule has 0 aromatic carbocycles. The second-order valence-electron chi connectivity index (χ2n) is 3.43. The molecular formula is C10H10ClFN4S. The summed E-state index contributed by atoms with van der Waals surface area (Å²) in [7, 11) is 0. The average Bonchev–Trinajstić information content (AvgIpc) is 2.70. The zero-order valence-electron chi connectivity index (χ0n) is 8.95. The molecule has 0 saturated heterocycles. The number of thiophene rings is 1. The van der Waals surface area contributed by atoms with Crippen LogP contribution >= 0.6 is 22.9 Å². The fraction of sp³-hybridized carbons (Fsp3) is 0.200. The van der Waals surface area contributed by atoms with Crippen LogP contribution < -0.4 is 11.1 Å². The molecule has 0 spiro atoms. The van der Waals surface area contributed by atoms with Gasteiger partial charge in [0.05, 0.1) is 16.6 Å². The van der Waals surface area contributed by atoms with E-state index >= 15 is 0 Å². The maximum absolute atomic E-state index is 13.4. The van der Waals surface area contributed by atoms with Gasteiger partial charge in [-0.05, 0) is 19.1 Å². The predicted octanol–water partition coefficient (Wildman–Crippen LogP) is 3.09. The highest BCUT2D eigenvalue weighted by Crippen LogP contribution is 2.29. The molecule has 0 aliphatic rings. The second-order valence-corrected chi connectivity index (χ2v) is 5.18. The van der Waals surface area contributed by atoms with Crippen molar-refractivity contribution in [1.29, 1.82) is 0 Å². The van der Waals surface area contributed by atoms with Crippen LogP contribution in [0, 0.1) is 5.82 Å². The highest BCUT2D eigenvalue weighted by molar-refractivity contribution is 7.16. The maximum Gasteiger partial charge on any atom is 0.222 e. The number of nitrogen functional groups attached to an aromatic ring is 1. The molecule has 0 bridgehead atoms. The lowest BCUT2D eigenvalue weighted by molar-refractivity contribution is 0.615. The van der Waals surface area contributed by atoms with Crippen molar-refractivity contribution in [2.75, 3.05) is 11.1 Å². The molecule has 2 aromatic heterocycles. The summed E-state index contributed by atoms with van der Waals surface area (Å²) in [6, 6.07) is 3.58. The van der Waals surface area contributed by atoms with Gasteiger partial charge in [0, 0.05) is 4.88 Å². The Labute approximate surface area is 107 Å². The Balaban J connectivity index is 2.18. The van der Waals surface area contributed by atoms with E-state index in [4.69, 9.17) is 17.3 Å². The number of halogens is 2. The van der Waals surface area contributed by atoms with E-state index in [1.807, 2.05) is 13.0 Å². The van der Waals surface area contributed by atoms with E-state index in [1.165, 1.54) is 11.3 Å². The molecule has 2 aromatic rings. The van der Waals surface area contributed by atoms with Gasteiger partial charge in [-0.25, -0.2) is 9.37 Å². The number of hydrogen-bond donors (Lipinski definition) is 2. The number of anilines is 2. The number of nitrogens with two attached hydrogens (primary N) is 1. The summed E-state index contributed by atoms with van der Waals surface area (Å²) in [5.41, 5.74) is 5.40. The van der Waals surface area contributed by atoms with Crippen molar-refractivity contribution in [3.05, 3.63) is 33.4 Å². The third-order valence-corrected chi connectivity index (χ3v) is 3.55. The Morgan fingerprint density at radius 2 is 2.29 bits per heavy atom. The quantitative estimate of drug-likeness (QED) is 0.901. The second kappa shape index (κ2) is 4.85. The molecule has 90 valence electrons. The molecule has 0 amide bonds. The molecule has 0 fully saturated rings. The lowest BCUT2D eigenvalue weighted by Crippen LogP contribution is -2.10. The van der Waals surface area contributed by atoms with Gasteiger partial charge in [0.15, 0.2) is 11.6 Å². The summed E-state index contributed by atoms with van der Waals surface area (Å²) in [6.07, 6.45) is 1.04. The third kappa shape index (κ3) is 2.83. The Morgan fingerprint density at radius 1 is 1.53 bits per heavy atom. The van der Waals surface area contributed by atoms with Crippen LogP contribution in [0.15, 0.2) is 18.3 Å². The molecule has 3 N–H and O–H groups in total. The topological polar surface area (TPSA) is 63.8 Å². The molecule has 0 saturated carbocycles. The summed E-state index contributed by atoms with van der Waals surface area (Å²) >= 11 is 7.27. The summed E-state index contributed by atoms with van der Waals surface area (Å²) in [5, 5.41) is 2.93. The Kier molecular flexibility index (Phi) is 3.44. The minimum atomic E-state index is -0.534. The van der Waals surface area contributed by atoms with Crippen LogP contribution in [0.2, 0.25) is 4.34 Å². The maximum atomic E-state index is 13.4. The van der Waals surface area contributed by atoms with Gasteiger partial charge < -0.3 is 11.1 Å². The van der Waals surface area contributed by atoms with Crippen LogP contribution in [0.5, 0.6) is 0 Å². The van der Waals surface area contributed by atoms with Crippen molar-refractivity contribution < 1.29 is 4.39 Å². The fourth-order valence-corrected chi connectivity index (χ4v) is 2.38. The van der Waals surface area contributed by atoms with Crippen LogP contribution in [0.4, 0.5) is 16.2 Å². The first-order valence-corrected chi connectivity index (χ1v) is 6.05. The highest BCUT2D eigenvalue weighted by Gasteiger charge is 2.12. The van der Waals surface area contributed by atoms with Gasteiger partial charge in [0.25, 0.3) is 0 Å². The van der Waals surface area contributed by atoms with Gasteiger partial charge >= 0.3 is 0 Å². The van der Waals surface area contributed by atoms with Crippen molar-refractivity contribution >= 4 is 34.7 Å². The zero-order chi connectivity index (χ0) is 12.4. The van der Waals surface area contributed by atoms with Crippen LogP contribution in [0.3, 0.4) is 0 Å². The fourth-order valence-electron chi connectivity index (χ4n) is 1.32. The van der Waals surface area contributed by atoms with Gasteiger partial charge in [0.1, 0.15) is 0 Å². The largest absolute Gasteiger partial charge is 0.368 e. The van der Waals surface area contributed by atoms with Crippen LogP contribution in [0.25, 0.3) is 0 Å². The van der Waals surface area contributed by atoms with Crippen molar-refractivity contribution in [3.8, 4) is 0 Å². The highest BCUT2D eigenvalue weighted by atomic mass is 35.5. The standard InChI is InChI=1S/C10H10ClFN4S/c1-5(7-2-3-8(11)17-7)15-9-6(12)4-14-10(13)16-9/h2-5H,1H3,(H3,13,14,15,16). The minimum absolute atomic E-state index is 0.0327. The van der Waals surface area contributed by atoms with E-state index in [1.54, 1.807) is 6.07 Å². The van der Waals surface area contributed by atoms with Gasteiger partial charge in [-0.3, -0.25) is 0 Å². The smallest absolute Gasteiger partial charge is 0.222 e. The summed E-state index contributed by atoms with van der Waals surface area (Å²) in [4.78, 5) is 8.35. The van der Waals surface area contributed by atoms with Gasteiger partial charge in [-0.15, -0.1) is 11.3 Å². The first-order valence-electron chi connectivity index (χ1n) is 4.86. The van der Waals surface area contributed by atoms with Crippen LogP contribution in [-0.2, 0) is 0 Å². The third-order valence-electron chi connectivity index (χ3n) is 2.14. The summed E-state index contributed by atoms with van der Waals surface area (Å²) in [5.74, 6) is -0.409. The number of aromatic nitrogens is 2. The SMILES string of the molecule is CC(Nc1nc(N)ncc1F)c1ccc(Cl)s1. The molecule has 7 heteroatoms. The number of rotatable bonds is 3. The minimum Gasteiger partial charge on any atom is -0.368 e. The number of hydrogen-bond acceptors (Lipinski definition) is 5. The number of nitrogens with one attached hydrogen (secondary N) is 1. The van der Waals surface area contributed by atoms with Crippen LogP contribution in [0.1, 0.15) is 17.8 Å². The van der Waals surface area contributed by atoms with Crippen LogP contribution in [-0.4, -0.2) is 9.97 Å². The number of nitrogens with zero attached hydrogens (tertiary/aromatic N) is 2. The Bertz CT molecular complexity index is 531. The lowest BCUT2D eigenvalue weighted by atomic mass is 10.3. The first-order chi connectivity index (χ1) is 8.06. The van der Waals surface area contributed by atoms with E-state index in [-0.39, 0.29) is 17.8 Å². The van der Waals surface area contributed by atoms with E-state index in [0.717, 1.165) is 11.1 Å². The molecule has 4 nitrogen and oxygen atoms in total. The molecule has 0 aliphatic carbocycles.